The molecule has 22 heavy (non-hydrogen) atoms. The predicted octanol–water partition coefficient (Wildman–Crippen LogP) is 3.64. The van der Waals surface area contributed by atoms with Gasteiger partial charge in [-0.3, -0.25) is 4.98 Å². The topological polar surface area (TPSA) is 86.0 Å². The van der Waals surface area contributed by atoms with Gasteiger partial charge < -0.3 is 15.8 Å². The fourth-order valence-electron chi connectivity index (χ4n) is 1.78. The third-order valence-electron chi connectivity index (χ3n) is 2.78. The van der Waals surface area contributed by atoms with Gasteiger partial charge in [-0.25, -0.2) is 4.98 Å². The second-order valence-electron chi connectivity index (χ2n) is 4.37. The van der Waals surface area contributed by atoms with Crippen molar-refractivity contribution in [1.82, 2.24) is 15.0 Å². The van der Waals surface area contributed by atoms with Crippen LogP contribution in [0.5, 0.6) is 11.6 Å². The molecule has 7 heteroatoms. The number of halogens is 1. The van der Waals surface area contributed by atoms with Gasteiger partial charge in [-0.15, -0.1) is 0 Å². The van der Waals surface area contributed by atoms with Crippen molar-refractivity contribution in [3.8, 4) is 11.6 Å². The molecule has 0 spiro atoms. The van der Waals surface area contributed by atoms with E-state index in [-0.39, 0.29) is 5.88 Å². The number of pyridine rings is 1. The molecule has 0 saturated carbocycles. The Morgan fingerprint density at radius 2 is 2.05 bits per heavy atom. The average Bonchev–Trinajstić information content (AvgIpc) is 2.52. The Balaban J connectivity index is 1.86. The van der Waals surface area contributed by atoms with Crippen molar-refractivity contribution in [2.24, 2.45) is 0 Å². The first-order valence-corrected chi connectivity index (χ1v) is 6.81. The lowest BCUT2D eigenvalue weighted by atomic mass is 10.3. The lowest BCUT2D eigenvalue weighted by Gasteiger charge is -2.11. The van der Waals surface area contributed by atoms with E-state index in [0.29, 0.717) is 22.3 Å². The summed E-state index contributed by atoms with van der Waals surface area (Å²) < 4.78 is 5.61. The molecule has 0 atom stereocenters. The van der Waals surface area contributed by atoms with Crippen LogP contribution in [0, 0.1) is 0 Å². The second-order valence-corrected chi connectivity index (χ2v) is 4.80. The first kappa shape index (κ1) is 14.1. The standard InChI is InChI=1S/C15H12ClN5O/c16-10-3-1-4-11(7-10)21-14-13(17)15(20-9-19-14)22-12-5-2-6-18-8-12/h1-9H,17H2,(H,19,20,21). The van der Waals surface area contributed by atoms with Crippen LogP contribution < -0.4 is 15.8 Å². The van der Waals surface area contributed by atoms with Crippen molar-refractivity contribution in [2.75, 3.05) is 11.1 Å². The minimum Gasteiger partial charge on any atom is -0.435 e. The Bertz CT molecular complexity index is 782. The van der Waals surface area contributed by atoms with Crippen LogP contribution in [0.4, 0.5) is 17.2 Å². The fourth-order valence-corrected chi connectivity index (χ4v) is 1.97. The van der Waals surface area contributed by atoms with Crippen molar-refractivity contribution in [3.63, 3.8) is 0 Å². The molecule has 6 nitrogen and oxygen atoms in total. The molecule has 0 saturated heterocycles. The zero-order chi connectivity index (χ0) is 15.4. The van der Waals surface area contributed by atoms with Crippen LogP contribution in [0.3, 0.4) is 0 Å². The van der Waals surface area contributed by atoms with Crippen LogP contribution in [0.2, 0.25) is 5.02 Å². The maximum atomic E-state index is 6.05. The summed E-state index contributed by atoms with van der Waals surface area (Å²) in [7, 11) is 0. The van der Waals surface area contributed by atoms with Gasteiger partial charge in [0.05, 0.1) is 6.20 Å². The van der Waals surface area contributed by atoms with Gasteiger partial charge in [0.15, 0.2) is 5.82 Å². The van der Waals surface area contributed by atoms with Crippen LogP contribution in [0.25, 0.3) is 0 Å². The van der Waals surface area contributed by atoms with Crippen LogP contribution >= 0.6 is 11.6 Å². The first-order valence-electron chi connectivity index (χ1n) is 6.43. The number of benzene rings is 1. The fraction of sp³-hybridized carbons (Fsp3) is 0. The number of anilines is 3. The molecule has 0 aliphatic carbocycles. The molecule has 2 heterocycles. The van der Waals surface area contributed by atoms with Crippen molar-refractivity contribution in [1.29, 1.82) is 0 Å². The third-order valence-corrected chi connectivity index (χ3v) is 3.02. The van der Waals surface area contributed by atoms with Crippen LogP contribution in [0.15, 0.2) is 55.1 Å². The second kappa shape index (κ2) is 6.28. The summed E-state index contributed by atoms with van der Waals surface area (Å²) in [6.45, 7) is 0. The van der Waals surface area contributed by atoms with Gasteiger partial charge in [0.1, 0.15) is 17.8 Å². The number of hydrogen-bond acceptors (Lipinski definition) is 6. The molecule has 2 aromatic heterocycles. The summed E-state index contributed by atoms with van der Waals surface area (Å²) in [5.41, 5.74) is 7.12. The molecular weight excluding hydrogens is 302 g/mol. The zero-order valence-electron chi connectivity index (χ0n) is 11.4. The van der Waals surface area contributed by atoms with Gasteiger partial charge in [0.25, 0.3) is 0 Å². The van der Waals surface area contributed by atoms with Crippen molar-refractivity contribution < 1.29 is 4.74 Å². The van der Waals surface area contributed by atoms with Gasteiger partial charge in [0.2, 0.25) is 5.88 Å². The maximum Gasteiger partial charge on any atom is 0.248 e. The van der Waals surface area contributed by atoms with Crippen LogP contribution in [-0.2, 0) is 0 Å². The van der Waals surface area contributed by atoms with E-state index in [1.165, 1.54) is 6.33 Å². The highest BCUT2D eigenvalue weighted by Crippen LogP contribution is 2.30. The first-order chi connectivity index (χ1) is 10.7. The number of nitrogen functional groups attached to an aromatic ring is 1. The molecule has 1 aromatic carbocycles. The van der Waals surface area contributed by atoms with E-state index in [1.807, 2.05) is 12.1 Å². The highest BCUT2D eigenvalue weighted by atomic mass is 35.5. The Hall–Kier alpha value is -2.86. The average molecular weight is 314 g/mol. The molecule has 110 valence electrons. The summed E-state index contributed by atoms with van der Waals surface area (Å²) >= 11 is 5.95. The number of aromatic nitrogens is 3. The van der Waals surface area contributed by atoms with E-state index in [1.54, 1.807) is 36.7 Å². The molecule has 3 aromatic rings. The summed E-state index contributed by atoms with van der Waals surface area (Å²) in [4.78, 5) is 12.1. The quantitative estimate of drug-likeness (QED) is 0.764. The molecular formula is C15H12ClN5O. The van der Waals surface area contributed by atoms with Crippen molar-refractivity contribution in [2.45, 2.75) is 0 Å². The molecule has 0 radical (unpaired) electrons. The summed E-state index contributed by atoms with van der Waals surface area (Å²) in [5.74, 6) is 1.24. The summed E-state index contributed by atoms with van der Waals surface area (Å²) in [5, 5.41) is 3.70. The smallest absolute Gasteiger partial charge is 0.248 e. The number of hydrogen-bond donors (Lipinski definition) is 2. The van der Waals surface area contributed by atoms with Gasteiger partial charge >= 0.3 is 0 Å². The molecule has 3 rings (SSSR count). The van der Waals surface area contributed by atoms with E-state index in [9.17, 15) is 0 Å². The van der Waals surface area contributed by atoms with E-state index < -0.39 is 0 Å². The predicted molar refractivity (Wildman–Crippen MR) is 85.5 cm³/mol. The van der Waals surface area contributed by atoms with Crippen LogP contribution in [-0.4, -0.2) is 15.0 Å². The largest absolute Gasteiger partial charge is 0.435 e. The molecule has 0 amide bonds. The minimum absolute atomic E-state index is 0.257. The SMILES string of the molecule is Nc1c(Nc2cccc(Cl)c2)ncnc1Oc1cccnc1. The van der Waals surface area contributed by atoms with Gasteiger partial charge in [0, 0.05) is 16.9 Å². The number of rotatable bonds is 4. The van der Waals surface area contributed by atoms with Crippen molar-refractivity contribution in [3.05, 3.63) is 60.1 Å². The Morgan fingerprint density at radius 3 is 2.82 bits per heavy atom. The normalized spacial score (nSPS) is 10.2. The van der Waals surface area contributed by atoms with E-state index in [0.717, 1.165) is 5.69 Å². The minimum atomic E-state index is 0.257. The van der Waals surface area contributed by atoms with E-state index >= 15 is 0 Å². The van der Waals surface area contributed by atoms with E-state index in [4.69, 9.17) is 22.1 Å². The summed E-state index contributed by atoms with van der Waals surface area (Å²) in [6.07, 6.45) is 4.60. The van der Waals surface area contributed by atoms with Crippen LogP contribution in [0.1, 0.15) is 0 Å². The molecule has 0 fully saturated rings. The zero-order valence-corrected chi connectivity index (χ0v) is 12.2. The van der Waals surface area contributed by atoms with Gasteiger partial charge in [-0.05, 0) is 30.3 Å². The highest BCUT2D eigenvalue weighted by molar-refractivity contribution is 6.30. The lowest BCUT2D eigenvalue weighted by Crippen LogP contribution is -2.03. The van der Waals surface area contributed by atoms with Gasteiger partial charge in [-0.1, -0.05) is 17.7 Å². The number of nitrogens with one attached hydrogen (secondary N) is 1. The monoisotopic (exact) mass is 313 g/mol. The maximum absolute atomic E-state index is 6.05. The Kier molecular flexibility index (Phi) is 4.02. The number of nitrogens with zero attached hydrogens (tertiary/aromatic N) is 3. The molecule has 0 aliphatic rings. The highest BCUT2D eigenvalue weighted by Gasteiger charge is 2.10. The molecule has 0 bridgehead atoms. The molecule has 0 unspecified atom stereocenters. The summed E-state index contributed by atoms with van der Waals surface area (Å²) in [6, 6.07) is 10.8. The Morgan fingerprint density at radius 1 is 1.14 bits per heavy atom. The lowest BCUT2D eigenvalue weighted by molar-refractivity contribution is 0.462. The van der Waals surface area contributed by atoms with Gasteiger partial charge in [-0.2, -0.15) is 4.98 Å². The molecule has 3 N–H and O–H groups in total. The number of nitrogens with two attached hydrogens (primary N) is 1. The third kappa shape index (κ3) is 3.24. The molecule has 0 aliphatic heterocycles. The Labute approximate surface area is 132 Å². The van der Waals surface area contributed by atoms with E-state index in [2.05, 4.69) is 20.3 Å². The van der Waals surface area contributed by atoms with Crippen molar-refractivity contribution >= 4 is 28.8 Å². The number of ether oxygens (including phenoxy) is 1.